The van der Waals surface area contributed by atoms with Gasteiger partial charge in [-0.1, -0.05) is 103 Å². The Morgan fingerprint density at radius 3 is 2.07 bits per heavy atom. The van der Waals surface area contributed by atoms with E-state index in [1.54, 1.807) is 6.21 Å². The third-order valence-electron chi connectivity index (χ3n) is 6.93. The number of para-hydroxylation sites is 1. The van der Waals surface area contributed by atoms with Crippen LogP contribution >= 0.6 is 11.3 Å². The molecular weight excluding hydrogens is 554 g/mol. The first-order valence-electron chi connectivity index (χ1n) is 14.1. The molecule has 2 aromatic heterocycles. The zero-order chi connectivity index (χ0) is 29.3. The molecule has 0 aliphatic heterocycles. The standard InChI is InChI=1S/C35H31N5O2S/c41-21-23-42-22-20-39-33(29-12-6-2-7-13-29)26-43-35(39)37-36-24-31-25-40(32-14-8-3-9-15-32)38-34(31)30-18-16-28(17-19-30)27-10-4-1-5-11-27/h1-19,24-26,41H,20-23H2/b36-24+,37-35+. The Bertz CT molecular complexity index is 1840. The van der Waals surface area contributed by atoms with Crippen molar-refractivity contribution in [3.8, 4) is 39.3 Å². The summed E-state index contributed by atoms with van der Waals surface area (Å²) in [7, 11) is 0. The first-order chi connectivity index (χ1) is 21.3. The number of ether oxygens (including phenoxy) is 1. The second-order valence-electron chi connectivity index (χ2n) is 9.76. The summed E-state index contributed by atoms with van der Waals surface area (Å²) in [4.78, 5) is 0.756. The number of aromatic nitrogens is 3. The van der Waals surface area contributed by atoms with E-state index in [4.69, 9.17) is 14.9 Å². The lowest BCUT2D eigenvalue weighted by Crippen LogP contribution is -2.19. The van der Waals surface area contributed by atoms with E-state index in [0.717, 1.165) is 44.1 Å². The van der Waals surface area contributed by atoms with Gasteiger partial charge in [-0.25, -0.2) is 4.68 Å². The Morgan fingerprint density at radius 2 is 1.37 bits per heavy atom. The number of thiazole rings is 1. The molecule has 4 aromatic carbocycles. The summed E-state index contributed by atoms with van der Waals surface area (Å²) in [5.74, 6) is 0. The molecule has 0 saturated heterocycles. The van der Waals surface area contributed by atoms with E-state index in [2.05, 4.69) is 68.7 Å². The lowest BCUT2D eigenvalue weighted by Gasteiger charge is -2.09. The van der Waals surface area contributed by atoms with Gasteiger partial charge in [-0.15, -0.1) is 16.4 Å². The number of hydrogen-bond acceptors (Lipinski definition) is 6. The highest BCUT2D eigenvalue weighted by molar-refractivity contribution is 7.07. The molecule has 6 aromatic rings. The van der Waals surface area contributed by atoms with E-state index in [-0.39, 0.29) is 6.61 Å². The first kappa shape index (κ1) is 28.2. The van der Waals surface area contributed by atoms with Gasteiger partial charge in [-0.3, -0.25) is 0 Å². The van der Waals surface area contributed by atoms with Gasteiger partial charge in [0.1, 0.15) is 5.69 Å². The van der Waals surface area contributed by atoms with Crippen molar-refractivity contribution in [1.29, 1.82) is 0 Å². The number of rotatable bonds is 11. The largest absolute Gasteiger partial charge is 0.394 e. The summed E-state index contributed by atoms with van der Waals surface area (Å²) in [6, 6.07) is 39.0. The van der Waals surface area contributed by atoms with Gasteiger partial charge in [0.15, 0.2) is 0 Å². The summed E-state index contributed by atoms with van der Waals surface area (Å²) in [6.07, 6.45) is 3.75. The van der Waals surface area contributed by atoms with Crippen molar-refractivity contribution in [2.45, 2.75) is 6.54 Å². The van der Waals surface area contributed by atoms with Crippen LogP contribution in [0.15, 0.2) is 137 Å². The predicted molar refractivity (Wildman–Crippen MR) is 173 cm³/mol. The molecule has 43 heavy (non-hydrogen) atoms. The van der Waals surface area contributed by atoms with E-state index in [1.165, 1.54) is 16.9 Å². The monoisotopic (exact) mass is 585 g/mol. The molecule has 0 unspecified atom stereocenters. The Hall–Kier alpha value is -4.89. The van der Waals surface area contributed by atoms with Gasteiger partial charge in [0.05, 0.1) is 37.4 Å². The topological polar surface area (TPSA) is 76.9 Å². The Balaban J connectivity index is 1.35. The fourth-order valence-corrected chi connectivity index (χ4v) is 5.69. The number of aliphatic hydroxyl groups excluding tert-OH is 1. The second kappa shape index (κ2) is 13.8. The molecule has 1 N–H and O–H groups in total. The van der Waals surface area contributed by atoms with Gasteiger partial charge in [0, 0.05) is 29.2 Å². The maximum Gasteiger partial charge on any atom is 0.211 e. The highest BCUT2D eigenvalue weighted by Crippen LogP contribution is 2.27. The fourth-order valence-electron chi connectivity index (χ4n) is 4.80. The molecule has 0 saturated carbocycles. The van der Waals surface area contributed by atoms with Crippen LogP contribution in [0.2, 0.25) is 0 Å². The third kappa shape index (κ3) is 6.79. The average molecular weight is 586 g/mol. The molecular formula is C35H31N5O2S. The molecule has 0 aliphatic rings. The van der Waals surface area contributed by atoms with Crippen molar-refractivity contribution in [3.05, 3.63) is 137 Å². The van der Waals surface area contributed by atoms with E-state index >= 15 is 0 Å². The Kier molecular flexibility index (Phi) is 9.10. The minimum atomic E-state index is -0.00461. The van der Waals surface area contributed by atoms with Crippen molar-refractivity contribution in [3.63, 3.8) is 0 Å². The first-order valence-corrected chi connectivity index (χ1v) is 15.0. The highest BCUT2D eigenvalue weighted by Gasteiger charge is 2.12. The quantitative estimate of drug-likeness (QED) is 0.105. The van der Waals surface area contributed by atoms with Crippen LogP contribution in [0, 0.1) is 0 Å². The van der Waals surface area contributed by atoms with Crippen molar-refractivity contribution < 1.29 is 9.84 Å². The average Bonchev–Trinajstić information content (AvgIpc) is 3.69. The minimum absolute atomic E-state index is 0.00461. The van der Waals surface area contributed by atoms with Gasteiger partial charge in [-0.05, 0) is 28.8 Å². The van der Waals surface area contributed by atoms with Crippen LogP contribution in [-0.2, 0) is 11.3 Å². The van der Waals surface area contributed by atoms with Crippen LogP contribution in [0.1, 0.15) is 5.56 Å². The predicted octanol–water partition coefficient (Wildman–Crippen LogP) is 6.68. The number of hydrogen-bond donors (Lipinski definition) is 1. The summed E-state index contributed by atoms with van der Waals surface area (Å²) in [6.45, 7) is 1.35. The SMILES string of the molecule is OCCOCCn1c(-c2ccccc2)cs/c1=N/N=C/c1cn(-c2ccccc2)nc1-c1ccc(-c2ccccc2)cc1. The minimum Gasteiger partial charge on any atom is -0.394 e. The Labute approximate surface area is 254 Å². The number of aliphatic hydroxyl groups is 1. The molecule has 7 nitrogen and oxygen atoms in total. The molecule has 0 spiro atoms. The summed E-state index contributed by atoms with van der Waals surface area (Å²) < 4.78 is 9.54. The molecule has 214 valence electrons. The summed E-state index contributed by atoms with van der Waals surface area (Å²) in [5.41, 5.74) is 8.10. The van der Waals surface area contributed by atoms with Gasteiger partial charge < -0.3 is 14.4 Å². The van der Waals surface area contributed by atoms with Crippen molar-refractivity contribution >= 4 is 17.6 Å². The van der Waals surface area contributed by atoms with Gasteiger partial charge in [0.25, 0.3) is 0 Å². The molecule has 2 heterocycles. The van der Waals surface area contributed by atoms with Gasteiger partial charge in [-0.2, -0.15) is 10.2 Å². The van der Waals surface area contributed by atoms with Gasteiger partial charge in [0.2, 0.25) is 4.80 Å². The van der Waals surface area contributed by atoms with Crippen LogP contribution in [-0.4, -0.2) is 45.5 Å². The van der Waals surface area contributed by atoms with Crippen molar-refractivity contribution in [2.24, 2.45) is 10.2 Å². The molecule has 0 fully saturated rings. The molecule has 0 atom stereocenters. The molecule has 6 rings (SSSR count). The molecule has 0 aliphatic carbocycles. The zero-order valence-electron chi connectivity index (χ0n) is 23.5. The number of nitrogens with zero attached hydrogens (tertiary/aromatic N) is 5. The van der Waals surface area contributed by atoms with E-state index < -0.39 is 0 Å². The zero-order valence-corrected chi connectivity index (χ0v) is 24.3. The lowest BCUT2D eigenvalue weighted by atomic mass is 10.0. The smallest absolute Gasteiger partial charge is 0.211 e. The summed E-state index contributed by atoms with van der Waals surface area (Å²) >= 11 is 1.53. The molecule has 0 amide bonds. The maximum atomic E-state index is 9.11. The summed E-state index contributed by atoms with van der Waals surface area (Å²) in [5, 5.41) is 25.3. The van der Waals surface area contributed by atoms with Crippen molar-refractivity contribution in [1.82, 2.24) is 14.3 Å². The van der Waals surface area contributed by atoms with Crippen LogP contribution in [0.3, 0.4) is 0 Å². The van der Waals surface area contributed by atoms with Gasteiger partial charge >= 0.3 is 0 Å². The third-order valence-corrected chi connectivity index (χ3v) is 7.78. The molecule has 0 bridgehead atoms. The van der Waals surface area contributed by atoms with Crippen LogP contribution < -0.4 is 4.80 Å². The number of benzene rings is 4. The van der Waals surface area contributed by atoms with E-state index in [1.807, 2.05) is 77.6 Å². The van der Waals surface area contributed by atoms with E-state index in [0.29, 0.717) is 19.8 Å². The normalized spacial score (nSPS) is 11.9. The van der Waals surface area contributed by atoms with Crippen LogP contribution in [0.4, 0.5) is 0 Å². The second-order valence-corrected chi connectivity index (χ2v) is 10.6. The van der Waals surface area contributed by atoms with Crippen molar-refractivity contribution in [2.75, 3.05) is 19.8 Å². The highest BCUT2D eigenvalue weighted by atomic mass is 32.1. The van der Waals surface area contributed by atoms with Crippen LogP contribution in [0.5, 0.6) is 0 Å². The molecule has 0 radical (unpaired) electrons. The Morgan fingerprint density at radius 1 is 0.744 bits per heavy atom. The van der Waals surface area contributed by atoms with Crippen LogP contribution in [0.25, 0.3) is 39.3 Å². The fraction of sp³-hybridized carbons (Fsp3) is 0.114. The lowest BCUT2D eigenvalue weighted by molar-refractivity contribution is 0.0868. The molecule has 8 heteroatoms. The maximum absolute atomic E-state index is 9.11. The van der Waals surface area contributed by atoms with E-state index in [9.17, 15) is 0 Å².